The predicted octanol–water partition coefficient (Wildman–Crippen LogP) is 3.98. The van der Waals surface area contributed by atoms with Crippen molar-refractivity contribution in [2.24, 2.45) is 11.8 Å². The molecule has 2 nitrogen and oxygen atoms in total. The van der Waals surface area contributed by atoms with E-state index in [4.69, 9.17) is 23.2 Å². The fourth-order valence-corrected chi connectivity index (χ4v) is 4.62. The Morgan fingerprint density at radius 2 is 2.15 bits per heavy atom. The largest absolute Gasteiger partial charge is 0.316 e. The Kier molecular flexibility index (Phi) is 4.28. The van der Waals surface area contributed by atoms with Crippen molar-refractivity contribution in [1.82, 2.24) is 10.2 Å². The highest BCUT2D eigenvalue weighted by molar-refractivity contribution is 6.35. The summed E-state index contributed by atoms with van der Waals surface area (Å²) in [6.45, 7) is 8.08. The van der Waals surface area contributed by atoms with Crippen LogP contribution in [0, 0.1) is 11.8 Å². The van der Waals surface area contributed by atoms with Crippen molar-refractivity contribution in [3.8, 4) is 0 Å². The van der Waals surface area contributed by atoms with E-state index in [-0.39, 0.29) is 0 Å². The molecule has 0 bridgehead atoms. The van der Waals surface area contributed by atoms with Crippen molar-refractivity contribution in [2.75, 3.05) is 19.6 Å². The molecule has 20 heavy (non-hydrogen) atoms. The van der Waals surface area contributed by atoms with Crippen LogP contribution in [-0.2, 0) is 0 Å². The molecule has 3 rings (SSSR count). The van der Waals surface area contributed by atoms with Crippen molar-refractivity contribution >= 4 is 23.2 Å². The molecule has 1 N–H and O–H groups in total. The van der Waals surface area contributed by atoms with Gasteiger partial charge in [0.15, 0.2) is 0 Å². The van der Waals surface area contributed by atoms with E-state index >= 15 is 0 Å². The van der Waals surface area contributed by atoms with E-state index in [0.29, 0.717) is 17.1 Å². The van der Waals surface area contributed by atoms with Crippen LogP contribution in [0.1, 0.15) is 31.9 Å². The van der Waals surface area contributed by atoms with Crippen molar-refractivity contribution in [3.05, 3.63) is 33.8 Å². The maximum Gasteiger partial charge on any atom is 0.0468 e. The summed E-state index contributed by atoms with van der Waals surface area (Å²) in [6, 6.07) is 6.90. The standard InChI is InChI=1S/C16H22Cl2N2/c1-3-16-14-8-19-7-11(14)9-20(16)10(2)13-5-4-12(17)6-15(13)18/h4-6,10-11,14,16,19H,3,7-9H2,1-2H3. The average molecular weight is 313 g/mol. The summed E-state index contributed by atoms with van der Waals surface area (Å²) in [5.74, 6) is 1.60. The number of fused-ring (bicyclic) bond motifs is 1. The van der Waals surface area contributed by atoms with Gasteiger partial charge >= 0.3 is 0 Å². The Morgan fingerprint density at radius 1 is 1.35 bits per heavy atom. The molecule has 0 saturated carbocycles. The SMILES string of the molecule is CCC1C2CNCC2CN1C(C)c1ccc(Cl)cc1Cl. The molecule has 2 saturated heterocycles. The van der Waals surface area contributed by atoms with E-state index in [0.717, 1.165) is 16.9 Å². The zero-order valence-corrected chi connectivity index (χ0v) is 13.6. The van der Waals surface area contributed by atoms with Gasteiger partial charge in [-0.3, -0.25) is 4.90 Å². The highest BCUT2D eigenvalue weighted by atomic mass is 35.5. The second kappa shape index (κ2) is 5.84. The van der Waals surface area contributed by atoms with Gasteiger partial charge in [0.1, 0.15) is 0 Å². The molecular weight excluding hydrogens is 291 g/mol. The molecule has 4 unspecified atom stereocenters. The molecule has 1 aromatic rings. The topological polar surface area (TPSA) is 15.3 Å². The van der Waals surface area contributed by atoms with Gasteiger partial charge in [-0.25, -0.2) is 0 Å². The highest BCUT2D eigenvalue weighted by Crippen LogP contribution is 2.41. The van der Waals surface area contributed by atoms with Gasteiger partial charge in [-0.15, -0.1) is 0 Å². The van der Waals surface area contributed by atoms with E-state index in [9.17, 15) is 0 Å². The number of hydrogen-bond acceptors (Lipinski definition) is 2. The van der Waals surface area contributed by atoms with Crippen molar-refractivity contribution in [2.45, 2.75) is 32.4 Å². The molecule has 4 heteroatoms. The molecule has 2 aliphatic rings. The summed E-state index contributed by atoms with van der Waals surface area (Å²) < 4.78 is 0. The first-order chi connectivity index (χ1) is 9.61. The van der Waals surface area contributed by atoms with Crippen molar-refractivity contribution < 1.29 is 0 Å². The Morgan fingerprint density at radius 3 is 2.85 bits per heavy atom. The smallest absolute Gasteiger partial charge is 0.0468 e. The highest BCUT2D eigenvalue weighted by Gasteiger charge is 2.44. The molecule has 0 amide bonds. The third-order valence-electron chi connectivity index (χ3n) is 5.09. The first-order valence-corrected chi connectivity index (χ1v) is 8.28. The maximum atomic E-state index is 6.39. The van der Waals surface area contributed by atoms with E-state index in [2.05, 4.69) is 30.1 Å². The summed E-state index contributed by atoms with van der Waals surface area (Å²) in [5.41, 5.74) is 1.20. The first-order valence-electron chi connectivity index (χ1n) is 7.53. The van der Waals surface area contributed by atoms with E-state index in [1.807, 2.05) is 12.1 Å². The maximum absolute atomic E-state index is 6.39. The monoisotopic (exact) mass is 312 g/mol. The first kappa shape index (κ1) is 14.6. The van der Waals surface area contributed by atoms with Gasteiger partial charge in [0, 0.05) is 28.7 Å². The lowest BCUT2D eigenvalue weighted by Crippen LogP contribution is -2.37. The lowest BCUT2D eigenvalue weighted by Gasteiger charge is -2.33. The third kappa shape index (κ3) is 2.48. The molecule has 0 aliphatic carbocycles. The summed E-state index contributed by atoms with van der Waals surface area (Å²) in [6.07, 6.45) is 1.21. The zero-order chi connectivity index (χ0) is 14.3. The number of nitrogens with zero attached hydrogens (tertiary/aromatic N) is 1. The summed E-state index contributed by atoms with van der Waals surface area (Å²) >= 11 is 12.4. The molecule has 4 atom stereocenters. The van der Waals surface area contributed by atoms with E-state index in [1.54, 1.807) is 0 Å². The number of likely N-dealkylation sites (tertiary alicyclic amines) is 1. The second-order valence-electron chi connectivity index (χ2n) is 6.10. The van der Waals surface area contributed by atoms with Gasteiger partial charge in [-0.1, -0.05) is 36.2 Å². The summed E-state index contributed by atoms with van der Waals surface area (Å²) in [7, 11) is 0. The molecule has 1 aromatic carbocycles. The van der Waals surface area contributed by atoms with Crippen LogP contribution < -0.4 is 5.32 Å². The van der Waals surface area contributed by atoms with Gasteiger partial charge in [0.2, 0.25) is 0 Å². The van der Waals surface area contributed by atoms with Crippen LogP contribution in [0.5, 0.6) is 0 Å². The normalized spacial score (nSPS) is 31.5. The zero-order valence-electron chi connectivity index (χ0n) is 12.1. The van der Waals surface area contributed by atoms with Crippen LogP contribution >= 0.6 is 23.2 Å². The van der Waals surface area contributed by atoms with Crippen LogP contribution in [0.25, 0.3) is 0 Å². The van der Waals surface area contributed by atoms with Crippen LogP contribution in [0.4, 0.5) is 0 Å². The lowest BCUT2D eigenvalue weighted by atomic mass is 9.92. The number of halogens is 2. The summed E-state index contributed by atoms with van der Waals surface area (Å²) in [4.78, 5) is 2.64. The minimum Gasteiger partial charge on any atom is -0.316 e. The molecule has 2 heterocycles. The predicted molar refractivity (Wildman–Crippen MR) is 85.5 cm³/mol. The number of hydrogen-bond donors (Lipinski definition) is 1. The van der Waals surface area contributed by atoms with Gasteiger partial charge in [-0.05, 0) is 56.0 Å². The fourth-order valence-electron chi connectivity index (χ4n) is 4.06. The van der Waals surface area contributed by atoms with E-state index in [1.165, 1.54) is 31.6 Å². The van der Waals surface area contributed by atoms with Crippen LogP contribution in [0.3, 0.4) is 0 Å². The third-order valence-corrected chi connectivity index (χ3v) is 5.65. The Balaban J connectivity index is 1.84. The number of benzene rings is 1. The molecule has 2 aliphatic heterocycles. The average Bonchev–Trinajstić information content (AvgIpc) is 2.97. The van der Waals surface area contributed by atoms with Crippen molar-refractivity contribution in [3.63, 3.8) is 0 Å². The molecule has 0 aromatic heterocycles. The number of rotatable bonds is 3. The Bertz CT molecular complexity index is 491. The molecule has 110 valence electrons. The Hall–Kier alpha value is -0.280. The molecule has 0 radical (unpaired) electrons. The molecule has 0 spiro atoms. The lowest BCUT2D eigenvalue weighted by molar-refractivity contribution is 0.165. The summed E-state index contributed by atoms with van der Waals surface area (Å²) in [5, 5.41) is 5.03. The van der Waals surface area contributed by atoms with Crippen LogP contribution in [0.2, 0.25) is 10.0 Å². The minimum atomic E-state index is 0.357. The minimum absolute atomic E-state index is 0.357. The molecule has 2 fully saturated rings. The fraction of sp³-hybridized carbons (Fsp3) is 0.625. The Labute approximate surface area is 131 Å². The van der Waals surface area contributed by atoms with Gasteiger partial charge in [0.25, 0.3) is 0 Å². The number of nitrogens with one attached hydrogen (secondary N) is 1. The molecular formula is C16H22Cl2N2. The van der Waals surface area contributed by atoms with Crippen LogP contribution in [0.15, 0.2) is 18.2 Å². The van der Waals surface area contributed by atoms with Gasteiger partial charge in [-0.2, -0.15) is 0 Å². The second-order valence-corrected chi connectivity index (χ2v) is 6.94. The van der Waals surface area contributed by atoms with Crippen LogP contribution in [-0.4, -0.2) is 30.6 Å². The quantitative estimate of drug-likeness (QED) is 0.908. The van der Waals surface area contributed by atoms with Gasteiger partial charge in [0.05, 0.1) is 0 Å². The van der Waals surface area contributed by atoms with Gasteiger partial charge < -0.3 is 5.32 Å². The van der Waals surface area contributed by atoms with E-state index < -0.39 is 0 Å². The van der Waals surface area contributed by atoms with Crippen molar-refractivity contribution in [1.29, 1.82) is 0 Å².